The molecule has 3 aromatic heterocycles. The highest BCUT2D eigenvalue weighted by atomic mass is 35.5. The number of sulfone groups is 1. The lowest BCUT2D eigenvalue weighted by Crippen LogP contribution is -2.18. The average Bonchev–Trinajstić information content (AvgIpc) is 3.42. The predicted octanol–water partition coefficient (Wildman–Crippen LogP) is 4.17. The van der Waals surface area contributed by atoms with E-state index in [1.54, 1.807) is 42.9 Å². The molecule has 0 unspecified atom stereocenters. The summed E-state index contributed by atoms with van der Waals surface area (Å²) in [5.74, 6) is -1.00. The molecular weight excluding hydrogens is 482 g/mol. The summed E-state index contributed by atoms with van der Waals surface area (Å²) in [6.45, 7) is 0. The Morgan fingerprint density at radius 2 is 1.88 bits per heavy atom. The fourth-order valence-corrected chi connectivity index (χ4v) is 6.49. The van der Waals surface area contributed by atoms with Gasteiger partial charge in [0, 0.05) is 23.7 Å². The Hall–Kier alpha value is -3.27. The van der Waals surface area contributed by atoms with Crippen molar-refractivity contribution in [3.05, 3.63) is 87.4 Å². The summed E-state index contributed by atoms with van der Waals surface area (Å²) >= 11 is 6.74. The quantitative estimate of drug-likeness (QED) is 0.379. The number of hydrogen-bond acceptors (Lipinski definition) is 6. The first-order valence-corrected chi connectivity index (χ1v) is 12.7. The number of thiophene rings is 1. The van der Waals surface area contributed by atoms with Crippen LogP contribution in [-0.2, 0) is 21.1 Å². The van der Waals surface area contributed by atoms with Crippen molar-refractivity contribution >= 4 is 60.4 Å². The molecule has 0 aliphatic heterocycles. The van der Waals surface area contributed by atoms with Crippen LogP contribution in [0.4, 0.5) is 0 Å². The molecule has 33 heavy (non-hydrogen) atoms. The number of rotatable bonds is 6. The minimum Gasteiger partial charge on any atom is -0.345 e. The van der Waals surface area contributed by atoms with Crippen LogP contribution < -0.4 is 5.56 Å². The van der Waals surface area contributed by atoms with Gasteiger partial charge in [0.15, 0.2) is 15.6 Å². The SMILES string of the molecule is O=C(Cc1ccc(-n2ccc3cc4[nH]cnc4cc3c2=O)cc1)CS(=O)(=O)c1ccc(Cl)s1. The zero-order valence-corrected chi connectivity index (χ0v) is 19.4. The van der Waals surface area contributed by atoms with Crippen LogP contribution in [0.2, 0.25) is 4.34 Å². The number of aromatic nitrogens is 3. The third-order valence-electron chi connectivity index (χ3n) is 5.27. The van der Waals surface area contributed by atoms with Crippen LogP contribution in [-0.4, -0.2) is 34.5 Å². The minimum atomic E-state index is -3.72. The van der Waals surface area contributed by atoms with Crippen molar-refractivity contribution in [2.75, 3.05) is 5.75 Å². The molecular formula is C23H16ClN3O4S2. The van der Waals surface area contributed by atoms with E-state index in [1.807, 2.05) is 12.1 Å². The van der Waals surface area contributed by atoms with Crippen LogP contribution in [0.25, 0.3) is 27.5 Å². The molecule has 0 bridgehead atoms. The maximum absolute atomic E-state index is 13.0. The Kier molecular flexibility index (Phi) is 5.40. The number of hydrogen-bond donors (Lipinski definition) is 1. The van der Waals surface area contributed by atoms with E-state index < -0.39 is 21.4 Å². The number of pyridine rings is 1. The molecule has 0 saturated heterocycles. The lowest BCUT2D eigenvalue weighted by molar-refractivity contribution is -0.116. The number of aromatic amines is 1. The summed E-state index contributed by atoms with van der Waals surface area (Å²) in [5.41, 5.74) is 2.70. The van der Waals surface area contributed by atoms with Crippen molar-refractivity contribution in [3.63, 3.8) is 0 Å². The Morgan fingerprint density at radius 3 is 2.61 bits per heavy atom. The first-order chi connectivity index (χ1) is 15.8. The van der Waals surface area contributed by atoms with Gasteiger partial charge in [0.05, 0.1) is 21.7 Å². The number of H-pyrrole nitrogens is 1. The number of nitrogens with zero attached hydrogens (tertiary/aromatic N) is 2. The number of Topliss-reactive ketones (excluding diaryl/α,β-unsaturated/α-hetero) is 1. The van der Waals surface area contributed by atoms with Gasteiger partial charge in [-0.1, -0.05) is 23.7 Å². The first kappa shape index (κ1) is 21.6. The zero-order valence-electron chi connectivity index (χ0n) is 17.0. The lowest BCUT2D eigenvalue weighted by atomic mass is 10.1. The smallest absolute Gasteiger partial charge is 0.263 e. The van der Waals surface area contributed by atoms with Crippen LogP contribution in [0.1, 0.15) is 5.56 Å². The van der Waals surface area contributed by atoms with Crippen LogP contribution >= 0.6 is 22.9 Å². The van der Waals surface area contributed by atoms with E-state index in [2.05, 4.69) is 9.97 Å². The number of ketones is 1. The Balaban J connectivity index is 1.36. The fourth-order valence-electron chi connectivity index (χ4n) is 3.68. The van der Waals surface area contributed by atoms with Crippen molar-refractivity contribution in [1.82, 2.24) is 14.5 Å². The summed E-state index contributed by atoms with van der Waals surface area (Å²) in [5, 5.41) is 1.36. The van der Waals surface area contributed by atoms with E-state index in [0.717, 1.165) is 22.2 Å². The number of fused-ring (bicyclic) bond motifs is 2. The Morgan fingerprint density at radius 1 is 1.09 bits per heavy atom. The maximum atomic E-state index is 13.0. The molecule has 166 valence electrons. The van der Waals surface area contributed by atoms with Gasteiger partial charge in [-0.05, 0) is 53.4 Å². The molecule has 7 nitrogen and oxygen atoms in total. The molecule has 1 N–H and O–H groups in total. The van der Waals surface area contributed by atoms with Crippen molar-refractivity contribution in [2.45, 2.75) is 10.6 Å². The van der Waals surface area contributed by atoms with Gasteiger partial charge in [0.25, 0.3) is 5.56 Å². The van der Waals surface area contributed by atoms with Gasteiger partial charge in [-0.2, -0.15) is 0 Å². The number of benzene rings is 2. The van der Waals surface area contributed by atoms with Gasteiger partial charge in [-0.25, -0.2) is 13.4 Å². The van der Waals surface area contributed by atoms with Gasteiger partial charge in [0.2, 0.25) is 0 Å². The number of imidazole rings is 1. The number of carbonyl (C=O) groups is 1. The highest BCUT2D eigenvalue weighted by Gasteiger charge is 2.21. The second-order valence-electron chi connectivity index (χ2n) is 7.55. The molecule has 0 aliphatic rings. The fraction of sp³-hybridized carbons (Fsp3) is 0.0870. The predicted molar refractivity (Wildman–Crippen MR) is 129 cm³/mol. The molecule has 0 fully saturated rings. The van der Waals surface area contributed by atoms with Gasteiger partial charge >= 0.3 is 0 Å². The lowest BCUT2D eigenvalue weighted by Gasteiger charge is -2.09. The van der Waals surface area contributed by atoms with Crippen LogP contribution in [0.5, 0.6) is 0 Å². The first-order valence-electron chi connectivity index (χ1n) is 9.88. The number of carbonyl (C=O) groups excluding carboxylic acids is 1. The topological polar surface area (TPSA) is 102 Å². The molecule has 0 aliphatic carbocycles. The van der Waals surface area contributed by atoms with Gasteiger partial charge < -0.3 is 4.98 Å². The molecule has 0 amide bonds. The second kappa shape index (κ2) is 8.26. The highest BCUT2D eigenvalue weighted by Crippen LogP contribution is 2.26. The largest absolute Gasteiger partial charge is 0.345 e. The molecule has 5 rings (SSSR count). The summed E-state index contributed by atoms with van der Waals surface area (Å²) in [6.07, 6.45) is 3.26. The molecule has 10 heteroatoms. The molecule has 0 atom stereocenters. The van der Waals surface area contributed by atoms with Gasteiger partial charge in [-0.3, -0.25) is 14.2 Å². The summed E-state index contributed by atoms with van der Waals surface area (Å²) in [4.78, 5) is 32.7. The number of nitrogens with one attached hydrogen (secondary N) is 1. The summed E-state index contributed by atoms with van der Waals surface area (Å²) < 4.78 is 26.7. The molecule has 3 heterocycles. The average molecular weight is 498 g/mol. The third-order valence-corrected chi connectivity index (χ3v) is 8.75. The van der Waals surface area contributed by atoms with Crippen LogP contribution in [0, 0.1) is 0 Å². The minimum absolute atomic E-state index is 0.0254. The monoisotopic (exact) mass is 497 g/mol. The number of halogens is 1. The van der Waals surface area contributed by atoms with Crippen LogP contribution in [0.15, 0.2) is 76.1 Å². The van der Waals surface area contributed by atoms with E-state index in [4.69, 9.17) is 11.6 Å². The molecule has 0 saturated carbocycles. The zero-order chi connectivity index (χ0) is 23.2. The van der Waals surface area contributed by atoms with Crippen molar-refractivity contribution in [3.8, 4) is 5.69 Å². The standard InChI is InChI=1S/C23H16ClN3O4S2/c24-21-5-6-22(32-21)33(30,31)12-17(28)9-14-1-3-16(4-2-14)27-8-7-15-10-19-20(26-13-25-19)11-18(15)23(27)29/h1-8,10-11,13H,9,12H2,(H,25,26). The maximum Gasteiger partial charge on any atom is 0.263 e. The van der Waals surface area contributed by atoms with Crippen molar-refractivity contribution in [2.24, 2.45) is 0 Å². The van der Waals surface area contributed by atoms with E-state index in [9.17, 15) is 18.0 Å². The van der Waals surface area contributed by atoms with E-state index >= 15 is 0 Å². The van der Waals surface area contributed by atoms with Crippen molar-refractivity contribution < 1.29 is 13.2 Å². The van der Waals surface area contributed by atoms with E-state index in [0.29, 0.717) is 26.5 Å². The second-order valence-corrected chi connectivity index (χ2v) is 11.5. The van der Waals surface area contributed by atoms with E-state index in [-0.39, 0.29) is 16.2 Å². The molecule has 5 aromatic rings. The molecule has 0 radical (unpaired) electrons. The van der Waals surface area contributed by atoms with Crippen molar-refractivity contribution in [1.29, 1.82) is 0 Å². The van der Waals surface area contributed by atoms with Crippen LogP contribution in [0.3, 0.4) is 0 Å². The van der Waals surface area contributed by atoms with E-state index in [1.165, 1.54) is 16.7 Å². The summed E-state index contributed by atoms with van der Waals surface area (Å²) in [6, 6.07) is 15.3. The molecule has 2 aromatic carbocycles. The Labute approximate surface area is 197 Å². The van der Waals surface area contributed by atoms with Gasteiger partial charge in [-0.15, -0.1) is 11.3 Å². The molecule has 0 spiro atoms. The summed E-state index contributed by atoms with van der Waals surface area (Å²) in [7, 11) is -3.72. The Bertz CT molecular complexity index is 1680. The third kappa shape index (κ3) is 4.22. The van der Waals surface area contributed by atoms with Gasteiger partial charge in [0.1, 0.15) is 9.96 Å². The normalized spacial score (nSPS) is 11.9. The highest BCUT2D eigenvalue weighted by molar-refractivity contribution is 7.94.